The summed E-state index contributed by atoms with van der Waals surface area (Å²) in [6.45, 7) is 1.44. The lowest BCUT2D eigenvalue weighted by Gasteiger charge is -2.13. The predicted molar refractivity (Wildman–Crippen MR) is 57.6 cm³/mol. The predicted octanol–water partition coefficient (Wildman–Crippen LogP) is 3.25. The summed E-state index contributed by atoms with van der Waals surface area (Å²) in [6, 6.07) is 3.47. The molecule has 0 aliphatic carbocycles. The molecule has 1 aromatic rings. The molecule has 1 aromatic heterocycles. The summed E-state index contributed by atoms with van der Waals surface area (Å²) in [5.41, 5.74) is 1.10. The summed E-state index contributed by atoms with van der Waals surface area (Å²) in [5.74, 6) is -0.500. The van der Waals surface area contributed by atoms with E-state index in [2.05, 4.69) is 25.7 Å². The van der Waals surface area contributed by atoms with Gasteiger partial charge in [-0.1, -0.05) is 15.9 Å². The van der Waals surface area contributed by atoms with Crippen molar-refractivity contribution in [2.75, 3.05) is 0 Å². The molecule has 0 aromatic carbocycles. The number of halogens is 4. The highest BCUT2D eigenvalue weighted by Crippen LogP contribution is 2.27. The van der Waals surface area contributed by atoms with Crippen LogP contribution in [0.15, 0.2) is 6.07 Å². The first-order chi connectivity index (χ1) is 7.87. The van der Waals surface area contributed by atoms with Gasteiger partial charge in [0.2, 0.25) is 5.88 Å². The van der Waals surface area contributed by atoms with Gasteiger partial charge >= 0.3 is 6.36 Å². The highest BCUT2D eigenvalue weighted by Gasteiger charge is 2.33. The number of hydrogen-bond donors (Lipinski definition) is 0. The van der Waals surface area contributed by atoms with Crippen LogP contribution in [-0.2, 0) is 11.8 Å². The molecule has 0 spiro atoms. The van der Waals surface area contributed by atoms with Gasteiger partial charge in [-0.25, -0.2) is 4.98 Å². The van der Waals surface area contributed by atoms with Crippen molar-refractivity contribution in [1.82, 2.24) is 4.98 Å². The van der Waals surface area contributed by atoms with Crippen LogP contribution in [0.1, 0.15) is 16.8 Å². The van der Waals surface area contributed by atoms with Crippen LogP contribution in [0, 0.1) is 18.3 Å². The maximum Gasteiger partial charge on any atom is 0.574 e. The topological polar surface area (TPSA) is 45.9 Å². The molecule has 1 heterocycles. The summed E-state index contributed by atoms with van der Waals surface area (Å²) in [5, 5.41) is 8.88. The van der Waals surface area contributed by atoms with E-state index in [4.69, 9.17) is 5.26 Å². The molecular formula is C10H8BrF3N2O. The van der Waals surface area contributed by atoms with Gasteiger partial charge in [0.1, 0.15) is 0 Å². The molecule has 0 amide bonds. The number of rotatable bonds is 3. The minimum atomic E-state index is -4.79. The van der Waals surface area contributed by atoms with Crippen LogP contribution < -0.4 is 4.74 Å². The lowest BCUT2D eigenvalue weighted by molar-refractivity contribution is -0.276. The normalized spacial score (nSPS) is 11.1. The Hall–Kier alpha value is -1.29. The van der Waals surface area contributed by atoms with Gasteiger partial charge in [0, 0.05) is 10.9 Å². The number of aromatic nitrogens is 1. The SMILES string of the molecule is Cc1c(CC#N)cc(CBr)nc1OC(F)(F)F. The van der Waals surface area contributed by atoms with Crippen molar-refractivity contribution in [2.24, 2.45) is 0 Å². The minimum absolute atomic E-state index is 0.0164. The van der Waals surface area contributed by atoms with Gasteiger partial charge in [-0.15, -0.1) is 13.2 Å². The van der Waals surface area contributed by atoms with Gasteiger partial charge in [-0.05, 0) is 18.6 Å². The Labute approximate surface area is 104 Å². The molecule has 0 N–H and O–H groups in total. The largest absolute Gasteiger partial charge is 0.574 e. The monoisotopic (exact) mass is 308 g/mol. The fraction of sp³-hybridized carbons (Fsp3) is 0.400. The third-order valence-electron chi connectivity index (χ3n) is 2.01. The first-order valence-corrected chi connectivity index (χ1v) is 5.67. The highest BCUT2D eigenvalue weighted by molar-refractivity contribution is 9.08. The van der Waals surface area contributed by atoms with E-state index in [1.807, 2.05) is 6.07 Å². The van der Waals surface area contributed by atoms with Crippen LogP contribution >= 0.6 is 15.9 Å². The Balaban J connectivity index is 3.20. The maximum atomic E-state index is 12.1. The van der Waals surface area contributed by atoms with Crippen molar-refractivity contribution >= 4 is 15.9 Å². The zero-order chi connectivity index (χ0) is 13.1. The van der Waals surface area contributed by atoms with Crippen LogP contribution in [0.5, 0.6) is 5.88 Å². The van der Waals surface area contributed by atoms with E-state index in [0.29, 0.717) is 16.6 Å². The fourth-order valence-corrected chi connectivity index (χ4v) is 1.53. The Bertz CT molecular complexity index is 454. The van der Waals surface area contributed by atoms with E-state index in [9.17, 15) is 13.2 Å². The zero-order valence-corrected chi connectivity index (χ0v) is 10.4. The van der Waals surface area contributed by atoms with Crippen LogP contribution in [-0.4, -0.2) is 11.3 Å². The molecular weight excluding hydrogens is 301 g/mol. The highest BCUT2D eigenvalue weighted by atomic mass is 79.9. The lowest BCUT2D eigenvalue weighted by Crippen LogP contribution is -2.19. The molecule has 0 unspecified atom stereocenters. The molecule has 17 heavy (non-hydrogen) atoms. The van der Waals surface area contributed by atoms with Gasteiger partial charge in [-0.3, -0.25) is 0 Å². The van der Waals surface area contributed by atoms with Crippen LogP contribution in [0.25, 0.3) is 0 Å². The van der Waals surface area contributed by atoms with Crippen LogP contribution in [0.3, 0.4) is 0 Å². The van der Waals surface area contributed by atoms with Crippen molar-refractivity contribution in [3.8, 4) is 11.9 Å². The molecule has 0 aliphatic heterocycles. The number of alkyl halides is 4. The van der Waals surface area contributed by atoms with E-state index < -0.39 is 12.2 Å². The van der Waals surface area contributed by atoms with E-state index in [-0.39, 0.29) is 12.0 Å². The molecule has 0 aliphatic rings. The molecule has 7 heteroatoms. The maximum absolute atomic E-state index is 12.1. The smallest absolute Gasteiger partial charge is 0.388 e. The Morgan fingerprint density at radius 2 is 2.18 bits per heavy atom. The number of nitrogens with zero attached hydrogens (tertiary/aromatic N) is 2. The van der Waals surface area contributed by atoms with E-state index in [0.717, 1.165) is 0 Å². The second kappa shape index (κ2) is 5.36. The van der Waals surface area contributed by atoms with Gasteiger partial charge in [0.15, 0.2) is 0 Å². The lowest BCUT2D eigenvalue weighted by atomic mass is 10.1. The first-order valence-electron chi connectivity index (χ1n) is 4.55. The quantitative estimate of drug-likeness (QED) is 0.805. The fourth-order valence-electron chi connectivity index (χ4n) is 1.24. The summed E-state index contributed by atoms with van der Waals surface area (Å²) in [7, 11) is 0. The summed E-state index contributed by atoms with van der Waals surface area (Å²) in [4.78, 5) is 3.72. The third kappa shape index (κ3) is 3.89. The molecule has 0 fully saturated rings. The molecule has 92 valence electrons. The molecule has 0 radical (unpaired) electrons. The van der Waals surface area contributed by atoms with Crippen molar-refractivity contribution < 1.29 is 17.9 Å². The Kier molecular flexibility index (Phi) is 4.34. The average molecular weight is 309 g/mol. The van der Waals surface area contributed by atoms with E-state index >= 15 is 0 Å². The minimum Gasteiger partial charge on any atom is -0.388 e. The van der Waals surface area contributed by atoms with Crippen molar-refractivity contribution in [3.05, 3.63) is 22.9 Å². The first kappa shape index (κ1) is 13.8. The van der Waals surface area contributed by atoms with Crippen molar-refractivity contribution in [3.63, 3.8) is 0 Å². The molecule has 0 saturated carbocycles. The molecule has 1 rings (SSSR count). The zero-order valence-electron chi connectivity index (χ0n) is 8.81. The van der Waals surface area contributed by atoms with Crippen LogP contribution in [0.4, 0.5) is 13.2 Å². The summed E-state index contributed by atoms with van der Waals surface area (Å²) >= 11 is 3.10. The van der Waals surface area contributed by atoms with E-state index in [1.54, 1.807) is 6.07 Å². The van der Waals surface area contributed by atoms with Gasteiger partial charge in [0.25, 0.3) is 0 Å². The Morgan fingerprint density at radius 3 is 2.65 bits per heavy atom. The van der Waals surface area contributed by atoms with Crippen LogP contribution in [0.2, 0.25) is 0 Å². The number of pyridine rings is 1. The number of hydrogen-bond acceptors (Lipinski definition) is 3. The van der Waals surface area contributed by atoms with Crippen molar-refractivity contribution in [2.45, 2.75) is 25.0 Å². The van der Waals surface area contributed by atoms with Gasteiger partial charge < -0.3 is 4.74 Å². The van der Waals surface area contributed by atoms with Gasteiger partial charge in [-0.2, -0.15) is 5.26 Å². The van der Waals surface area contributed by atoms with E-state index in [1.165, 1.54) is 6.92 Å². The molecule has 0 bridgehead atoms. The molecule has 3 nitrogen and oxygen atoms in total. The number of nitriles is 1. The summed E-state index contributed by atoms with van der Waals surface area (Å²) < 4.78 is 40.2. The molecule has 0 atom stereocenters. The van der Waals surface area contributed by atoms with Gasteiger partial charge in [0.05, 0.1) is 18.2 Å². The second-order valence-corrected chi connectivity index (χ2v) is 3.78. The van der Waals surface area contributed by atoms with Crippen molar-refractivity contribution in [1.29, 1.82) is 5.26 Å². The Morgan fingerprint density at radius 1 is 1.53 bits per heavy atom. The standard InChI is InChI=1S/C10H8BrF3N2O/c1-6-7(2-3-15)4-8(5-11)16-9(6)17-10(12,13)14/h4H,2,5H2,1H3. The molecule has 0 saturated heterocycles. The summed E-state index contributed by atoms with van der Waals surface area (Å²) in [6.07, 6.45) is -4.77. The third-order valence-corrected chi connectivity index (χ3v) is 2.58. The second-order valence-electron chi connectivity index (χ2n) is 3.22. The number of ether oxygens (including phenoxy) is 1. The average Bonchev–Trinajstić information content (AvgIpc) is 2.22.